The highest BCUT2D eigenvalue weighted by Gasteiger charge is 2.14. The minimum atomic E-state index is -0.263. The van der Waals surface area contributed by atoms with E-state index in [9.17, 15) is 4.79 Å². The lowest BCUT2D eigenvalue weighted by molar-refractivity contribution is -0.143. The van der Waals surface area contributed by atoms with E-state index in [0.29, 0.717) is 0 Å². The first kappa shape index (κ1) is 10.7. The van der Waals surface area contributed by atoms with Crippen LogP contribution in [0.15, 0.2) is 30.3 Å². The Kier molecular flexibility index (Phi) is 4.13. The van der Waals surface area contributed by atoms with Gasteiger partial charge in [0.15, 0.2) is 0 Å². The first-order valence-electron chi connectivity index (χ1n) is 4.42. The molecule has 3 heteroatoms. The number of hydrogen-bond donors (Lipinski definition) is 0. The molecule has 1 aromatic carbocycles. The van der Waals surface area contributed by atoms with Gasteiger partial charge in [-0.05, 0) is 5.56 Å². The molecule has 0 radical (unpaired) electrons. The zero-order valence-electron chi connectivity index (χ0n) is 8.40. The summed E-state index contributed by atoms with van der Waals surface area (Å²) in [4.78, 5) is 11.1. The van der Waals surface area contributed by atoms with Gasteiger partial charge in [0.1, 0.15) is 0 Å². The predicted octanol–water partition coefficient (Wildman–Crippen LogP) is 1.94. The van der Waals surface area contributed by atoms with Gasteiger partial charge in [0, 0.05) is 7.11 Å². The summed E-state index contributed by atoms with van der Waals surface area (Å²) >= 11 is 0. The Balaban J connectivity index is 2.68. The van der Waals surface area contributed by atoms with Crippen molar-refractivity contribution in [2.75, 3.05) is 14.2 Å². The number of ether oxygens (including phenoxy) is 2. The third kappa shape index (κ3) is 2.85. The molecule has 0 saturated carbocycles. The summed E-state index contributed by atoms with van der Waals surface area (Å²) in [5.41, 5.74) is 0.986. The highest BCUT2D eigenvalue weighted by molar-refractivity contribution is 5.70. The Morgan fingerprint density at radius 2 is 1.93 bits per heavy atom. The Labute approximate surface area is 83.6 Å². The predicted molar refractivity (Wildman–Crippen MR) is 52.8 cm³/mol. The van der Waals surface area contributed by atoms with Crippen LogP contribution in [0.3, 0.4) is 0 Å². The van der Waals surface area contributed by atoms with Crippen molar-refractivity contribution in [3.8, 4) is 0 Å². The van der Waals surface area contributed by atoms with E-state index in [-0.39, 0.29) is 18.5 Å². The summed E-state index contributed by atoms with van der Waals surface area (Å²) in [6.45, 7) is 0. The normalized spacial score (nSPS) is 12.1. The molecule has 0 saturated heterocycles. The summed E-state index contributed by atoms with van der Waals surface area (Å²) in [7, 11) is 2.96. The topological polar surface area (TPSA) is 35.5 Å². The highest BCUT2D eigenvalue weighted by Crippen LogP contribution is 2.20. The van der Waals surface area contributed by atoms with Crippen LogP contribution in [-0.4, -0.2) is 20.2 Å². The second-order valence-electron chi connectivity index (χ2n) is 2.92. The summed E-state index contributed by atoms with van der Waals surface area (Å²) in [6.07, 6.45) is 0.0282. The fourth-order valence-electron chi connectivity index (χ4n) is 1.24. The fraction of sp³-hybridized carbons (Fsp3) is 0.364. The van der Waals surface area contributed by atoms with Crippen LogP contribution in [0.4, 0.5) is 0 Å². The summed E-state index contributed by atoms with van der Waals surface area (Å²) < 4.78 is 9.79. The van der Waals surface area contributed by atoms with Crippen molar-refractivity contribution in [2.24, 2.45) is 0 Å². The van der Waals surface area contributed by atoms with E-state index in [2.05, 4.69) is 4.74 Å². The van der Waals surface area contributed by atoms with Crippen LogP contribution in [0.1, 0.15) is 18.1 Å². The second kappa shape index (κ2) is 5.40. The lowest BCUT2D eigenvalue weighted by Gasteiger charge is -2.13. The molecule has 0 bridgehead atoms. The average molecular weight is 194 g/mol. The first-order chi connectivity index (χ1) is 6.77. The molecule has 0 fully saturated rings. The molecule has 0 aliphatic heterocycles. The standard InChI is InChI=1S/C11H14O3/c1-13-10(8-11(12)14-2)9-6-4-3-5-7-9/h3-7,10H,8H2,1-2H3/t10-/m0/s1. The fourth-order valence-corrected chi connectivity index (χ4v) is 1.24. The Morgan fingerprint density at radius 3 is 2.43 bits per heavy atom. The molecule has 1 atom stereocenters. The highest BCUT2D eigenvalue weighted by atomic mass is 16.5. The molecule has 0 heterocycles. The largest absolute Gasteiger partial charge is 0.469 e. The maximum atomic E-state index is 11.1. The quantitative estimate of drug-likeness (QED) is 0.687. The van der Waals surface area contributed by atoms with Gasteiger partial charge in [-0.2, -0.15) is 0 Å². The van der Waals surface area contributed by atoms with E-state index in [1.165, 1.54) is 7.11 Å². The number of hydrogen-bond acceptors (Lipinski definition) is 3. The van der Waals surface area contributed by atoms with Crippen LogP contribution in [0, 0.1) is 0 Å². The van der Waals surface area contributed by atoms with Crippen LogP contribution in [0.25, 0.3) is 0 Å². The number of benzene rings is 1. The molecule has 0 spiro atoms. The number of carbonyl (C=O) groups excluding carboxylic acids is 1. The van der Waals surface area contributed by atoms with Crippen molar-refractivity contribution in [3.63, 3.8) is 0 Å². The number of methoxy groups -OCH3 is 2. The van der Waals surface area contributed by atoms with Gasteiger partial charge in [0.2, 0.25) is 0 Å². The van der Waals surface area contributed by atoms with E-state index in [4.69, 9.17) is 4.74 Å². The maximum absolute atomic E-state index is 11.1. The summed E-state index contributed by atoms with van der Waals surface area (Å²) in [6, 6.07) is 9.61. The number of carbonyl (C=O) groups is 1. The minimum Gasteiger partial charge on any atom is -0.469 e. The summed E-state index contributed by atoms with van der Waals surface area (Å²) in [5, 5.41) is 0. The average Bonchev–Trinajstić information content (AvgIpc) is 2.26. The third-order valence-corrected chi connectivity index (χ3v) is 2.04. The molecule has 14 heavy (non-hydrogen) atoms. The molecule has 3 nitrogen and oxygen atoms in total. The third-order valence-electron chi connectivity index (χ3n) is 2.04. The molecule has 1 rings (SSSR count). The van der Waals surface area contributed by atoms with Gasteiger partial charge >= 0.3 is 5.97 Å². The number of rotatable bonds is 4. The Morgan fingerprint density at radius 1 is 1.29 bits per heavy atom. The van der Waals surface area contributed by atoms with Gasteiger partial charge in [-0.25, -0.2) is 0 Å². The molecule has 0 amide bonds. The monoisotopic (exact) mass is 194 g/mol. The maximum Gasteiger partial charge on any atom is 0.308 e. The van der Waals surface area contributed by atoms with Gasteiger partial charge in [-0.15, -0.1) is 0 Å². The van der Waals surface area contributed by atoms with E-state index in [1.54, 1.807) is 7.11 Å². The zero-order chi connectivity index (χ0) is 10.4. The molecule has 0 aromatic heterocycles. The molecule has 76 valence electrons. The van der Waals surface area contributed by atoms with Crippen LogP contribution >= 0.6 is 0 Å². The lowest BCUT2D eigenvalue weighted by Crippen LogP contribution is -2.10. The van der Waals surface area contributed by atoms with Crippen molar-refractivity contribution < 1.29 is 14.3 Å². The van der Waals surface area contributed by atoms with Gasteiger partial charge in [-0.1, -0.05) is 30.3 Å². The summed E-state index contributed by atoms with van der Waals surface area (Å²) in [5.74, 6) is -0.263. The molecule has 0 aliphatic rings. The van der Waals surface area contributed by atoms with E-state index >= 15 is 0 Å². The lowest BCUT2D eigenvalue weighted by atomic mass is 10.1. The van der Waals surface area contributed by atoms with Gasteiger partial charge in [-0.3, -0.25) is 4.79 Å². The first-order valence-corrected chi connectivity index (χ1v) is 4.42. The van der Waals surface area contributed by atoms with Crippen LogP contribution in [0.2, 0.25) is 0 Å². The zero-order valence-corrected chi connectivity index (χ0v) is 8.40. The minimum absolute atomic E-state index is 0.219. The van der Waals surface area contributed by atoms with Gasteiger partial charge in [0.05, 0.1) is 19.6 Å². The van der Waals surface area contributed by atoms with Crippen molar-refractivity contribution in [1.29, 1.82) is 0 Å². The molecular formula is C11H14O3. The van der Waals surface area contributed by atoms with Gasteiger partial charge in [0.25, 0.3) is 0 Å². The Bertz CT molecular complexity index is 282. The van der Waals surface area contributed by atoms with Crippen molar-refractivity contribution in [2.45, 2.75) is 12.5 Å². The SMILES string of the molecule is COC(=O)C[C@H](OC)c1ccccc1. The van der Waals surface area contributed by atoms with Crippen molar-refractivity contribution in [3.05, 3.63) is 35.9 Å². The van der Waals surface area contributed by atoms with Crippen molar-refractivity contribution in [1.82, 2.24) is 0 Å². The van der Waals surface area contributed by atoms with E-state index < -0.39 is 0 Å². The van der Waals surface area contributed by atoms with Gasteiger partial charge < -0.3 is 9.47 Å². The van der Waals surface area contributed by atoms with Crippen LogP contribution in [-0.2, 0) is 14.3 Å². The van der Waals surface area contributed by atoms with E-state index in [0.717, 1.165) is 5.56 Å². The molecular weight excluding hydrogens is 180 g/mol. The molecule has 1 aromatic rings. The van der Waals surface area contributed by atoms with Crippen LogP contribution < -0.4 is 0 Å². The number of esters is 1. The van der Waals surface area contributed by atoms with E-state index in [1.807, 2.05) is 30.3 Å². The van der Waals surface area contributed by atoms with Crippen molar-refractivity contribution >= 4 is 5.97 Å². The Hall–Kier alpha value is -1.35. The van der Waals surface area contributed by atoms with Crippen LogP contribution in [0.5, 0.6) is 0 Å². The second-order valence-corrected chi connectivity index (χ2v) is 2.92. The molecule has 0 unspecified atom stereocenters. The molecule has 0 aliphatic carbocycles. The molecule has 0 N–H and O–H groups in total. The smallest absolute Gasteiger partial charge is 0.308 e.